The Bertz CT molecular complexity index is 945. The van der Waals surface area contributed by atoms with Crippen LogP contribution in [0.5, 0.6) is 5.75 Å². The van der Waals surface area contributed by atoms with Crippen molar-refractivity contribution in [2.45, 2.75) is 84.7 Å². The number of carbonyl (C=O) groups excluding carboxylic acids is 1. The number of benzene rings is 1. The molecule has 0 aromatic heterocycles. The van der Waals surface area contributed by atoms with Crippen LogP contribution >= 0.6 is 11.6 Å². The third kappa shape index (κ3) is 9.22. The monoisotopic (exact) mass is 507 g/mol. The molecule has 1 N–H and O–H groups in total. The zero-order chi connectivity index (χ0) is 26.8. The molecule has 0 fully saturated rings. The molecule has 0 aliphatic rings. The summed E-state index contributed by atoms with van der Waals surface area (Å²) in [6.45, 7) is 10.8. The third-order valence-corrected chi connectivity index (χ3v) is 6.26. The van der Waals surface area contributed by atoms with Crippen molar-refractivity contribution < 1.29 is 23.8 Å². The normalized spacial score (nSPS) is 13.8. The van der Waals surface area contributed by atoms with Gasteiger partial charge in [-0.3, -0.25) is 9.59 Å². The molecule has 0 aliphatic heterocycles. The molecule has 1 aromatic rings. The summed E-state index contributed by atoms with van der Waals surface area (Å²) in [6.07, 6.45) is 9.60. The number of hydrogen-bond acceptors (Lipinski definition) is 3. The maximum atomic E-state index is 13.8. The Morgan fingerprint density at radius 1 is 1.31 bits per heavy atom. The Labute approximate surface area is 214 Å². The number of carbonyl (C=O) groups is 2. The lowest BCUT2D eigenvalue weighted by Gasteiger charge is -2.39. The summed E-state index contributed by atoms with van der Waals surface area (Å²) >= 11 is 6.59. The minimum atomic E-state index is -1.34. The van der Waals surface area contributed by atoms with Crippen LogP contribution in [-0.2, 0) is 15.0 Å². The Morgan fingerprint density at radius 3 is 2.43 bits per heavy atom. The largest absolute Gasteiger partial charge is 0.492 e. The summed E-state index contributed by atoms with van der Waals surface area (Å²) in [7, 11) is 0. The molecule has 1 aromatic carbocycles. The zero-order valence-electron chi connectivity index (χ0n) is 21.8. The maximum absolute atomic E-state index is 13.8. The molecule has 0 radical (unpaired) electrons. The van der Waals surface area contributed by atoms with Gasteiger partial charge in [0, 0.05) is 37.9 Å². The molecule has 7 heteroatoms. The minimum Gasteiger partial charge on any atom is -0.492 e. The molecule has 5 nitrogen and oxygen atoms in total. The molecule has 194 valence electrons. The van der Waals surface area contributed by atoms with Gasteiger partial charge in [0.15, 0.2) is 0 Å². The second-order valence-corrected chi connectivity index (χ2v) is 10.2. The second kappa shape index (κ2) is 13.5. The molecule has 0 bridgehead atoms. The summed E-state index contributed by atoms with van der Waals surface area (Å²) in [6, 6.07) is 5.52. The first-order chi connectivity index (χ1) is 16.3. The summed E-state index contributed by atoms with van der Waals surface area (Å²) < 4.78 is 19.5. The molecule has 1 amide bonds. The molecule has 0 aliphatic carbocycles. The predicted octanol–water partition coefficient (Wildman–Crippen LogP) is 6.78. The van der Waals surface area contributed by atoms with Gasteiger partial charge in [-0.05, 0) is 49.5 Å². The van der Waals surface area contributed by atoms with E-state index in [4.69, 9.17) is 27.9 Å². The van der Waals surface area contributed by atoms with E-state index in [2.05, 4.69) is 12.8 Å². The Balaban J connectivity index is 3.57. The van der Waals surface area contributed by atoms with Crippen LogP contribution in [0.3, 0.4) is 0 Å². The summed E-state index contributed by atoms with van der Waals surface area (Å²) in [4.78, 5) is 24.9. The van der Waals surface area contributed by atoms with Crippen LogP contribution in [0.2, 0.25) is 5.02 Å². The molecule has 0 unspecified atom stereocenters. The van der Waals surface area contributed by atoms with E-state index < -0.39 is 17.1 Å². The van der Waals surface area contributed by atoms with Gasteiger partial charge in [0.25, 0.3) is 0 Å². The molecule has 1 rings (SSSR count). The van der Waals surface area contributed by atoms with E-state index in [1.165, 1.54) is 25.7 Å². The van der Waals surface area contributed by atoms with Crippen molar-refractivity contribution in [1.29, 1.82) is 0 Å². The zero-order valence-corrected chi connectivity index (χ0v) is 22.5. The topological polar surface area (TPSA) is 66.8 Å². The smallest absolute Gasteiger partial charge is 0.305 e. The molecular formula is C28H39ClFNO4. The van der Waals surface area contributed by atoms with Crippen molar-refractivity contribution in [3.63, 3.8) is 0 Å². The standard InChI is InChI=1S/C28H39ClFNO4/c1-8-13-28(14-9-2,23(20(3)4)19-31(21(5)32)16-12-26(33)34)22-10-11-25(24(29)18-22)35-17-15-27(6,7)30/h1,10-11,18-20H,9,12-17H2,2-7H3,(H,33,34)/b23-19-/t28-/m0/s1. The Morgan fingerprint density at radius 2 is 1.97 bits per heavy atom. The number of hydrogen-bond donors (Lipinski definition) is 1. The van der Waals surface area contributed by atoms with E-state index in [1.54, 1.807) is 12.3 Å². The summed E-state index contributed by atoms with van der Waals surface area (Å²) in [5.74, 6) is 2.08. The number of terminal acetylenes is 1. The lowest BCUT2D eigenvalue weighted by Crippen LogP contribution is -2.34. The van der Waals surface area contributed by atoms with Gasteiger partial charge < -0.3 is 14.7 Å². The minimum absolute atomic E-state index is 0.0167. The van der Waals surface area contributed by atoms with Gasteiger partial charge in [-0.25, -0.2) is 4.39 Å². The van der Waals surface area contributed by atoms with Crippen molar-refractivity contribution >= 4 is 23.5 Å². The van der Waals surface area contributed by atoms with E-state index in [9.17, 15) is 14.0 Å². The number of alkyl halides is 1. The van der Waals surface area contributed by atoms with Crippen molar-refractivity contribution in [3.8, 4) is 18.1 Å². The molecule has 1 atom stereocenters. The highest BCUT2D eigenvalue weighted by atomic mass is 35.5. The number of carboxylic acids is 1. The van der Waals surface area contributed by atoms with Crippen LogP contribution in [0.15, 0.2) is 30.0 Å². The fraction of sp³-hybridized carbons (Fsp3) is 0.571. The van der Waals surface area contributed by atoms with Crippen LogP contribution in [-0.4, -0.2) is 40.7 Å². The second-order valence-electron chi connectivity index (χ2n) is 9.77. The first kappa shape index (κ1) is 30.5. The predicted molar refractivity (Wildman–Crippen MR) is 139 cm³/mol. The number of halogens is 2. The van der Waals surface area contributed by atoms with Crippen molar-refractivity contribution in [1.82, 2.24) is 4.90 Å². The average molecular weight is 508 g/mol. The molecule has 0 saturated heterocycles. The number of nitrogens with zero attached hydrogens (tertiary/aromatic N) is 1. The van der Waals surface area contributed by atoms with Gasteiger partial charge >= 0.3 is 5.97 Å². The number of ether oxygens (including phenoxy) is 1. The summed E-state index contributed by atoms with van der Waals surface area (Å²) in [5, 5.41) is 9.52. The maximum Gasteiger partial charge on any atom is 0.305 e. The number of carboxylic acid groups (broad SMARTS) is 1. The lowest BCUT2D eigenvalue weighted by atomic mass is 9.66. The van der Waals surface area contributed by atoms with Crippen LogP contribution < -0.4 is 4.74 Å². The van der Waals surface area contributed by atoms with E-state index in [0.29, 0.717) is 23.6 Å². The fourth-order valence-corrected chi connectivity index (χ4v) is 4.43. The quantitative estimate of drug-likeness (QED) is 0.282. The number of allylic oxidation sites excluding steroid dienone is 1. The molecule has 0 spiro atoms. The molecule has 0 saturated carbocycles. The summed E-state index contributed by atoms with van der Waals surface area (Å²) in [5.41, 5.74) is -0.128. The highest BCUT2D eigenvalue weighted by Crippen LogP contribution is 2.45. The van der Waals surface area contributed by atoms with Gasteiger partial charge in [-0.2, -0.15) is 0 Å². The van der Waals surface area contributed by atoms with Crippen molar-refractivity contribution in [3.05, 3.63) is 40.6 Å². The van der Waals surface area contributed by atoms with Gasteiger partial charge in [0.1, 0.15) is 11.4 Å². The fourth-order valence-electron chi connectivity index (χ4n) is 4.19. The van der Waals surface area contributed by atoms with Crippen LogP contribution in [0.25, 0.3) is 0 Å². The van der Waals surface area contributed by atoms with Crippen molar-refractivity contribution in [2.75, 3.05) is 13.2 Å². The van der Waals surface area contributed by atoms with E-state index in [0.717, 1.165) is 17.6 Å². The van der Waals surface area contributed by atoms with Gasteiger partial charge in [-0.1, -0.05) is 44.9 Å². The van der Waals surface area contributed by atoms with Gasteiger partial charge in [-0.15, -0.1) is 12.3 Å². The molecule has 0 heterocycles. The van der Waals surface area contributed by atoms with Crippen LogP contribution in [0, 0.1) is 18.3 Å². The third-order valence-electron chi connectivity index (χ3n) is 5.96. The number of aliphatic carboxylic acids is 1. The Kier molecular flexibility index (Phi) is 11.8. The molecular weight excluding hydrogens is 469 g/mol. The highest BCUT2D eigenvalue weighted by molar-refractivity contribution is 6.32. The lowest BCUT2D eigenvalue weighted by molar-refractivity contribution is -0.137. The van der Waals surface area contributed by atoms with E-state index in [1.807, 2.05) is 26.0 Å². The van der Waals surface area contributed by atoms with E-state index in [-0.39, 0.29) is 37.8 Å². The van der Waals surface area contributed by atoms with Gasteiger partial charge in [0.2, 0.25) is 5.91 Å². The first-order valence-electron chi connectivity index (χ1n) is 12.0. The number of rotatable bonds is 14. The van der Waals surface area contributed by atoms with Crippen LogP contribution in [0.1, 0.15) is 79.2 Å². The van der Waals surface area contributed by atoms with E-state index >= 15 is 0 Å². The van der Waals surface area contributed by atoms with Crippen LogP contribution in [0.4, 0.5) is 4.39 Å². The number of amides is 1. The highest BCUT2D eigenvalue weighted by Gasteiger charge is 2.37. The molecule has 35 heavy (non-hydrogen) atoms. The SMILES string of the molecule is C#CC[C@@](CCC)(/C(=C\N(CCC(=O)O)C(C)=O)C(C)C)c1ccc(OCCC(C)(C)F)c(Cl)c1. The average Bonchev–Trinajstić information content (AvgIpc) is 2.73. The Hall–Kier alpha value is -2.52. The van der Waals surface area contributed by atoms with Crippen molar-refractivity contribution in [2.24, 2.45) is 5.92 Å². The first-order valence-corrected chi connectivity index (χ1v) is 12.4. The van der Waals surface area contributed by atoms with Gasteiger partial charge in [0.05, 0.1) is 18.1 Å².